The Hall–Kier alpha value is -2.36. The number of anilines is 2. The van der Waals surface area contributed by atoms with E-state index in [1.165, 1.54) is 30.5 Å². The summed E-state index contributed by atoms with van der Waals surface area (Å²) in [5.74, 6) is -0.0473. The first-order valence-electron chi connectivity index (χ1n) is 9.36. The van der Waals surface area contributed by atoms with Gasteiger partial charge in [-0.2, -0.15) is 0 Å². The zero-order chi connectivity index (χ0) is 17.2. The second-order valence-electron chi connectivity index (χ2n) is 7.26. The SMILES string of the molecule is CC1Cc2ccccc2N1c1ccnc(C(=O)NC2CCCCC2)c1. The van der Waals surface area contributed by atoms with E-state index in [9.17, 15) is 4.79 Å². The van der Waals surface area contributed by atoms with Gasteiger partial charge < -0.3 is 10.2 Å². The lowest BCUT2D eigenvalue weighted by Gasteiger charge is -2.26. The minimum atomic E-state index is -0.0473. The number of hydrogen-bond acceptors (Lipinski definition) is 3. The highest BCUT2D eigenvalue weighted by Gasteiger charge is 2.27. The van der Waals surface area contributed by atoms with Crippen molar-refractivity contribution in [2.24, 2.45) is 0 Å². The van der Waals surface area contributed by atoms with Gasteiger partial charge in [-0.25, -0.2) is 0 Å². The van der Waals surface area contributed by atoms with Crippen LogP contribution in [0.15, 0.2) is 42.6 Å². The summed E-state index contributed by atoms with van der Waals surface area (Å²) in [7, 11) is 0. The predicted molar refractivity (Wildman–Crippen MR) is 100 cm³/mol. The number of pyridine rings is 1. The van der Waals surface area contributed by atoms with Crippen LogP contribution >= 0.6 is 0 Å². The number of aromatic nitrogens is 1. The molecule has 0 bridgehead atoms. The van der Waals surface area contributed by atoms with E-state index in [1.807, 2.05) is 12.1 Å². The van der Waals surface area contributed by atoms with Crippen molar-refractivity contribution >= 4 is 17.3 Å². The fourth-order valence-electron chi connectivity index (χ4n) is 4.16. The maximum atomic E-state index is 12.6. The van der Waals surface area contributed by atoms with E-state index in [-0.39, 0.29) is 5.91 Å². The molecule has 25 heavy (non-hydrogen) atoms. The van der Waals surface area contributed by atoms with E-state index in [2.05, 4.69) is 46.4 Å². The molecule has 130 valence electrons. The summed E-state index contributed by atoms with van der Waals surface area (Å²) in [6.07, 6.45) is 8.65. The van der Waals surface area contributed by atoms with Crippen LogP contribution in [0.5, 0.6) is 0 Å². The van der Waals surface area contributed by atoms with Crippen LogP contribution in [0.2, 0.25) is 0 Å². The fraction of sp³-hybridized carbons (Fsp3) is 0.429. The third-order valence-corrected chi connectivity index (χ3v) is 5.40. The number of nitrogens with one attached hydrogen (secondary N) is 1. The highest BCUT2D eigenvalue weighted by atomic mass is 16.1. The molecule has 1 fully saturated rings. The van der Waals surface area contributed by atoms with Crippen LogP contribution in [-0.2, 0) is 6.42 Å². The van der Waals surface area contributed by atoms with E-state index in [0.717, 1.165) is 24.9 Å². The maximum absolute atomic E-state index is 12.6. The smallest absolute Gasteiger partial charge is 0.270 e. The van der Waals surface area contributed by atoms with Crippen LogP contribution in [0.1, 0.15) is 55.1 Å². The molecule has 1 aliphatic heterocycles. The zero-order valence-corrected chi connectivity index (χ0v) is 14.7. The van der Waals surface area contributed by atoms with Gasteiger partial charge in [0.1, 0.15) is 5.69 Å². The molecule has 1 atom stereocenters. The van der Waals surface area contributed by atoms with E-state index in [4.69, 9.17) is 0 Å². The number of rotatable bonds is 3. The van der Waals surface area contributed by atoms with Gasteiger partial charge >= 0.3 is 0 Å². The van der Waals surface area contributed by atoms with E-state index >= 15 is 0 Å². The summed E-state index contributed by atoms with van der Waals surface area (Å²) in [6, 6.07) is 13.1. The van der Waals surface area contributed by atoms with Crippen LogP contribution in [0.25, 0.3) is 0 Å². The summed E-state index contributed by atoms with van der Waals surface area (Å²) >= 11 is 0. The average Bonchev–Trinajstić information content (AvgIpc) is 2.98. The molecule has 1 aromatic heterocycles. The minimum absolute atomic E-state index is 0.0473. The molecule has 0 saturated heterocycles. The van der Waals surface area contributed by atoms with Gasteiger partial charge in [-0.05, 0) is 49.9 Å². The first-order chi connectivity index (χ1) is 12.2. The summed E-state index contributed by atoms with van der Waals surface area (Å²) in [5.41, 5.74) is 4.15. The van der Waals surface area contributed by atoms with E-state index in [1.54, 1.807) is 6.20 Å². The topological polar surface area (TPSA) is 45.2 Å². The molecule has 0 radical (unpaired) electrons. The van der Waals surface area contributed by atoms with Crippen molar-refractivity contribution in [1.29, 1.82) is 0 Å². The van der Waals surface area contributed by atoms with Crippen molar-refractivity contribution in [1.82, 2.24) is 10.3 Å². The number of benzene rings is 1. The lowest BCUT2D eigenvalue weighted by atomic mass is 9.95. The minimum Gasteiger partial charge on any atom is -0.348 e. The summed E-state index contributed by atoms with van der Waals surface area (Å²) < 4.78 is 0. The largest absolute Gasteiger partial charge is 0.348 e. The molecule has 1 N–H and O–H groups in total. The molecule has 2 heterocycles. The second-order valence-corrected chi connectivity index (χ2v) is 7.26. The Morgan fingerprint density at radius 1 is 1.16 bits per heavy atom. The monoisotopic (exact) mass is 335 g/mol. The zero-order valence-electron chi connectivity index (χ0n) is 14.7. The van der Waals surface area contributed by atoms with Crippen molar-refractivity contribution in [3.63, 3.8) is 0 Å². The summed E-state index contributed by atoms with van der Waals surface area (Å²) in [5, 5.41) is 3.16. The Balaban J connectivity index is 1.56. The van der Waals surface area contributed by atoms with Crippen molar-refractivity contribution in [3.05, 3.63) is 53.9 Å². The van der Waals surface area contributed by atoms with Gasteiger partial charge in [-0.15, -0.1) is 0 Å². The molecule has 1 unspecified atom stereocenters. The van der Waals surface area contributed by atoms with Gasteiger partial charge in [0.25, 0.3) is 5.91 Å². The number of hydrogen-bond donors (Lipinski definition) is 1. The Kier molecular flexibility index (Phi) is 4.43. The van der Waals surface area contributed by atoms with Gasteiger partial charge in [-0.3, -0.25) is 9.78 Å². The summed E-state index contributed by atoms with van der Waals surface area (Å²) in [6.45, 7) is 2.22. The van der Waals surface area contributed by atoms with E-state index < -0.39 is 0 Å². The number of para-hydroxylation sites is 1. The molecule has 2 aromatic rings. The Bertz CT molecular complexity index is 767. The molecule has 1 amide bonds. The normalized spacial score (nSPS) is 20.4. The molecule has 4 heteroatoms. The maximum Gasteiger partial charge on any atom is 0.270 e. The third kappa shape index (κ3) is 3.26. The molecule has 0 spiro atoms. The molecule has 2 aliphatic rings. The highest BCUT2D eigenvalue weighted by Crippen LogP contribution is 2.38. The molecule has 4 rings (SSSR count). The molecular formula is C21H25N3O. The van der Waals surface area contributed by atoms with Crippen LogP contribution in [0.4, 0.5) is 11.4 Å². The van der Waals surface area contributed by atoms with Gasteiger partial charge in [0, 0.05) is 29.7 Å². The van der Waals surface area contributed by atoms with Crippen molar-refractivity contribution in [2.75, 3.05) is 4.90 Å². The first-order valence-corrected chi connectivity index (χ1v) is 9.36. The molecule has 1 aliphatic carbocycles. The van der Waals surface area contributed by atoms with Crippen LogP contribution in [0, 0.1) is 0 Å². The number of amides is 1. The quantitative estimate of drug-likeness (QED) is 0.913. The first kappa shape index (κ1) is 16.1. The van der Waals surface area contributed by atoms with Crippen molar-refractivity contribution < 1.29 is 4.79 Å². The lowest BCUT2D eigenvalue weighted by Crippen LogP contribution is -2.36. The van der Waals surface area contributed by atoms with Crippen LogP contribution < -0.4 is 10.2 Å². The van der Waals surface area contributed by atoms with Gasteiger partial charge in [0.2, 0.25) is 0 Å². The molecular weight excluding hydrogens is 310 g/mol. The summed E-state index contributed by atoms with van der Waals surface area (Å²) in [4.78, 5) is 19.2. The number of fused-ring (bicyclic) bond motifs is 1. The standard InChI is InChI=1S/C21H25N3O/c1-15-13-16-7-5-6-10-20(16)24(15)18-11-12-22-19(14-18)21(25)23-17-8-3-2-4-9-17/h5-7,10-12,14-15,17H,2-4,8-9,13H2,1H3,(H,23,25). The predicted octanol–water partition coefficient (Wildman–Crippen LogP) is 4.23. The molecule has 1 aromatic carbocycles. The second kappa shape index (κ2) is 6.87. The number of carbonyl (C=O) groups is 1. The third-order valence-electron chi connectivity index (χ3n) is 5.40. The Labute approximate surface area is 149 Å². The van der Waals surface area contributed by atoms with Gasteiger partial charge in [-0.1, -0.05) is 37.5 Å². The van der Waals surface area contributed by atoms with E-state index in [0.29, 0.717) is 17.8 Å². The fourth-order valence-corrected chi connectivity index (χ4v) is 4.16. The lowest BCUT2D eigenvalue weighted by molar-refractivity contribution is 0.0922. The van der Waals surface area contributed by atoms with Crippen molar-refractivity contribution in [3.8, 4) is 0 Å². The van der Waals surface area contributed by atoms with Crippen LogP contribution in [0.3, 0.4) is 0 Å². The molecule has 1 saturated carbocycles. The van der Waals surface area contributed by atoms with Crippen LogP contribution in [-0.4, -0.2) is 23.0 Å². The molecule has 4 nitrogen and oxygen atoms in total. The Morgan fingerprint density at radius 2 is 1.96 bits per heavy atom. The number of nitrogens with zero attached hydrogens (tertiary/aromatic N) is 2. The van der Waals surface area contributed by atoms with Gasteiger partial charge in [0.05, 0.1) is 0 Å². The number of carbonyl (C=O) groups excluding carboxylic acids is 1. The highest BCUT2D eigenvalue weighted by molar-refractivity contribution is 5.93. The van der Waals surface area contributed by atoms with Gasteiger partial charge in [0.15, 0.2) is 0 Å². The average molecular weight is 335 g/mol. The Morgan fingerprint density at radius 3 is 2.80 bits per heavy atom. The van der Waals surface area contributed by atoms with Crippen molar-refractivity contribution in [2.45, 2.75) is 57.5 Å².